The molecule has 0 aromatic heterocycles. The Labute approximate surface area is 124 Å². The van der Waals surface area contributed by atoms with Crippen LogP contribution in [0.5, 0.6) is 5.75 Å². The number of nitrogens with one attached hydrogen (secondary N) is 2. The molecule has 0 bridgehead atoms. The van der Waals surface area contributed by atoms with Crippen LogP contribution < -0.4 is 15.4 Å². The maximum atomic E-state index is 12.0. The lowest BCUT2D eigenvalue weighted by Gasteiger charge is -2.20. The summed E-state index contributed by atoms with van der Waals surface area (Å²) < 4.78 is 10.9. The Morgan fingerprint density at radius 1 is 1.60 bits per heavy atom. The highest BCUT2D eigenvalue weighted by molar-refractivity contribution is 9.10. The lowest BCUT2D eigenvalue weighted by molar-refractivity contribution is -0.121. The first-order valence-corrected chi connectivity index (χ1v) is 6.86. The first-order chi connectivity index (χ1) is 9.51. The molecule has 0 radical (unpaired) electrons. The zero-order chi connectivity index (χ0) is 14.7. The fourth-order valence-electron chi connectivity index (χ4n) is 1.78. The van der Waals surface area contributed by atoms with Crippen LogP contribution in [0.1, 0.15) is 6.92 Å². The van der Waals surface area contributed by atoms with E-state index >= 15 is 0 Å². The monoisotopic (exact) mass is 342 g/mol. The molecule has 2 amide bonds. The molecule has 1 atom stereocenters. The molecule has 1 aromatic carbocycles. The number of hydrogen-bond donors (Lipinski definition) is 2. The molecule has 0 spiro atoms. The maximum absolute atomic E-state index is 12.0. The second kappa shape index (κ2) is 6.23. The molecule has 6 nitrogen and oxygen atoms in total. The van der Waals surface area contributed by atoms with Crippen molar-refractivity contribution in [3.8, 4) is 5.75 Å². The molecule has 2 N–H and O–H groups in total. The minimum atomic E-state index is -0.261. The van der Waals surface area contributed by atoms with Crippen LogP contribution in [0.3, 0.4) is 0 Å². The summed E-state index contributed by atoms with van der Waals surface area (Å²) in [5, 5.41) is 5.50. The number of carbonyl (C=O) groups is 2. The van der Waals surface area contributed by atoms with E-state index in [1.54, 1.807) is 26.2 Å². The number of rotatable bonds is 4. The van der Waals surface area contributed by atoms with Gasteiger partial charge in [0.05, 0.1) is 23.9 Å². The van der Waals surface area contributed by atoms with Gasteiger partial charge in [-0.15, -0.1) is 0 Å². The lowest BCUT2D eigenvalue weighted by Crippen LogP contribution is -2.26. The van der Waals surface area contributed by atoms with Gasteiger partial charge in [-0.3, -0.25) is 9.59 Å². The smallest absolute Gasteiger partial charge is 0.262 e. The normalized spacial score (nSPS) is 14.8. The highest BCUT2D eigenvalue weighted by atomic mass is 79.9. The van der Waals surface area contributed by atoms with Gasteiger partial charge in [0.2, 0.25) is 5.91 Å². The largest absolute Gasteiger partial charge is 0.482 e. The molecule has 0 fully saturated rings. The Kier molecular flexibility index (Phi) is 4.61. The molecule has 0 saturated heterocycles. The third kappa shape index (κ3) is 3.29. The lowest BCUT2D eigenvalue weighted by atomic mass is 10.1. The standard InChI is InChI=1S/C13H15BrN2O4/c1-7(5-19-2)13(18)16-9-4-11-10(3-8(9)14)15-12(17)6-20-11/h3-4,7H,5-6H2,1-2H3,(H,15,17)(H,16,18). The maximum Gasteiger partial charge on any atom is 0.262 e. The van der Waals surface area contributed by atoms with Crippen LogP contribution in [0.25, 0.3) is 0 Å². The van der Waals surface area contributed by atoms with Crippen LogP contribution >= 0.6 is 15.9 Å². The van der Waals surface area contributed by atoms with E-state index in [1.807, 2.05) is 0 Å². The molecule has 1 aliphatic rings. The van der Waals surface area contributed by atoms with E-state index in [-0.39, 0.29) is 24.3 Å². The molecule has 1 heterocycles. The first-order valence-electron chi connectivity index (χ1n) is 6.07. The number of fused-ring (bicyclic) bond motifs is 1. The molecule has 20 heavy (non-hydrogen) atoms. The molecular weight excluding hydrogens is 328 g/mol. The molecule has 1 unspecified atom stereocenters. The quantitative estimate of drug-likeness (QED) is 0.877. The second-order valence-corrected chi connectivity index (χ2v) is 5.37. The van der Waals surface area contributed by atoms with Gasteiger partial charge in [0, 0.05) is 17.6 Å². The van der Waals surface area contributed by atoms with Crippen molar-refractivity contribution >= 4 is 39.1 Å². The number of hydrogen-bond acceptors (Lipinski definition) is 4. The fraction of sp³-hybridized carbons (Fsp3) is 0.385. The molecule has 1 aromatic rings. The summed E-state index contributed by atoms with van der Waals surface area (Å²) in [5.41, 5.74) is 1.17. The van der Waals surface area contributed by atoms with Crippen molar-refractivity contribution in [1.82, 2.24) is 0 Å². The fourth-order valence-corrected chi connectivity index (χ4v) is 2.22. The number of halogens is 1. The van der Waals surface area contributed by atoms with E-state index in [1.165, 1.54) is 0 Å². The Bertz CT molecular complexity index is 547. The number of anilines is 2. The summed E-state index contributed by atoms with van der Waals surface area (Å²) in [4.78, 5) is 23.2. The predicted molar refractivity (Wildman–Crippen MR) is 77.9 cm³/mol. The van der Waals surface area contributed by atoms with Gasteiger partial charge in [-0.2, -0.15) is 0 Å². The van der Waals surface area contributed by atoms with Gasteiger partial charge >= 0.3 is 0 Å². The van der Waals surface area contributed by atoms with E-state index in [9.17, 15) is 9.59 Å². The highest BCUT2D eigenvalue weighted by Crippen LogP contribution is 2.36. The van der Waals surface area contributed by atoms with Crippen molar-refractivity contribution in [3.63, 3.8) is 0 Å². The van der Waals surface area contributed by atoms with Gasteiger partial charge in [0.1, 0.15) is 5.75 Å². The molecule has 108 valence electrons. The van der Waals surface area contributed by atoms with Crippen LogP contribution in [-0.2, 0) is 14.3 Å². The van der Waals surface area contributed by atoms with Crippen molar-refractivity contribution in [2.45, 2.75) is 6.92 Å². The van der Waals surface area contributed by atoms with E-state index in [4.69, 9.17) is 9.47 Å². The van der Waals surface area contributed by atoms with Crippen LogP contribution in [0.15, 0.2) is 16.6 Å². The molecule has 2 rings (SSSR count). The van der Waals surface area contributed by atoms with Crippen molar-refractivity contribution in [3.05, 3.63) is 16.6 Å². The van der Waals surface area contributed by atoms with Gasteiger partial charge < -0.3 is 20.1 Å². The average Bonchev–Trinajstić information content (AvgIpc) is 2.40. The summed E-state index contributed by atoms with van der Waals surface area (Å²) in [5.74, 6) is -0.0757. The Balaban J connectivity index is 2.17. The summed E-state index contributed by atoms with van der Waals surface area (Å²) in [6.07, 6.45) is 0. The summed E-state index contributed by atoms with van der Waals surface area (Å²) in [6.45, 7) is 2.10. The van der Waals surface area contributed by atoms with Gasteiger partial charge in [-0.05, 0) is 22.0 Å². The topological polar surface area (TPSA) is 76.7 Å². The van der Waals surface area contributed by atoms with E-state index in [2.05, 4.69) is 26.6 Å². The van der Waals surface area contributed by atoms with Gasteiger partial charge in [0.15, 0.2) is 6.61 Å². The van der Waals surface area contributed by atoms with Crippen LogP contribution in [0.4, 0.5) is 11.4 Å². The van der Waals surface area contributed by atoms with Crippen molar-refractivity contribution in [2.75, 3.05) is 31.0 Å². The minimum Gasteiger partial charge on any atom is -0.482 e. The summed E-state index contributed by atoms with van der Waals surface area (Å²) in [6, 6.07) is 3.37. The molecular formula is C13H15BrN2O4. The van der Waals surface area contributed by atoms with E-state index < -0.39 is 0 Å². The number of carbonyl (C=O) groups excluding carboxylic acids is 2. The van der Waals surface area contributed by atoms with E-state index in [0.29, 0.717) is 28.2 Å². The van der Waals surface area contributed by atoms with Gasteiger partial charge in [0.25, 0.3) is 5.91 Å². The zero-order valence-electron chi connectivity index (χ0n) is 11.2. The summed E-state index contributed by atoms with van der Waals surface area (Å²) in [7, 11) is 1.55. The number of benzene rings is 1. The van der Waals surface area contributed by atoms with E-state index in [0.717, 1.165) is 0 Å². The van der Waals surface area contributed by atoms with Crippen molar-refractivity contribution < 1.29 is 19.1 Å². The second-order valence-electron chi connectivity index (χ2n) is 4.51. The van der Waals surface area contributed by atoms with Gasteiger partial charge in [-0.1, -0.05) is 6.92 Å². The Morgan fingerprint density at radius 2 is 2.35 bits per heavy atom. The van der Waals surface area contributed by atoms with Crippen molar-refractivity contribution in [1.29, 1.82) is 0 Å². The Hall–Kier alpha value is -1.60. The number of amides is 2. The first kappa shape index (κ1) is 14.8. The summed E-state index contributed by atoms with van der Waals surface area (Å²) >= 11 is 3.36. The highest BCUT2D eigenvalue weighted by Gasteiger charge is 2.20. The minimum absolute atomic E-state index is 0.0257. The van der Waals surface area contributed by atoms with Crippen LogP contribution in [0.2, 0.25) is 0 Å². The number of methoxy groups -OCH3 is 1. The van der Waals surface area contributed by atoms with Crippen LogP contribution in [0, 0.1) is 5.92 Å². The predicted octanol–water partition coefficient (Wildman–Crippen LogP) is 2.00. The third-order valence-electron chi connectivity index (χ3n) is 2.82. The molecule has 0 saturated carbocycles. The molecule has 7 heteroatoms. The zero-order valence-corrected chi connectivity index (χ0v) is 12.7. The third-order valence-corrected chi connectivity index (χ3v) is 3.48. The van der Waals surface area contributed by atoms with Crippen LogP contribution in [-0.4, -0.2) is 32.1 Å². The molecule has 0 aliphatic carbocycles. The average molecular weight is 343 g/mol. The van der Waals surface area contributed by atoms with Crippen molar-refractivity contribution in [2.24, 2.45) is 5.92 Å². The Morgan fingerprint density at radius 3 is 3.05 bits per heavy atom. The number of ether oxygens (including phenoxy) is 2. The SMILES string of the molecule is COCC(C)C(=O)Nc1cc2c(cc1Br)NC(=O)CO2. The molecule has 1 aliphatic heterocycles. The van der Waals surface area contributed by atoms with Gasteiger partial charge in [-0.25, -0.2) is 0 Å².